The van der Waals surface area contributed by atoms with Gasteiger partial charge in [-0.1, -0.05) is 24.3 Å². The number of aromatic hydroxyl groups is 1. The summed E-state index contributed by atoms with van der Waals surface area (Å²) >= 11 is 0. The highest BCUT2D eigenvalue weighted by Gasteiger charge is 2.24. The summed E-state index contributed by atoms with van der Waals surface area (Å²) in [6.45, 7) is 2.35. The number of nitrogens with one attached hydrogen (secondary N) is 1. The molecule has 3 aromatic carbocycles. The van der Waals surface area contributed by atoms with Gasteiger partial charge in [-0.25, -0.2) is 0 Å². The van der Waals surface area contributed by atoms with Crippen molar-refractivity contribution in [1.29, 1.82) is 0 Å². The average molecular weight is 497 g/mol. The second-order valence-electron chi connectivity index (χ2n) is 10.2. The number of phenolic OH excluding ortho intramolecular Hbond substituents is 1. The van der Waals surface area contributed by atoms with E-state index in [9.17, 15) is 9.50 Å². The zero-order valence-electron chi connectivity index (χ0n) is 21.1. The summed E-state index contributed by atoms with van der Waals surface area (Å²) in [6.07, 6.45) is 6.69. The molecule has 190 valence electrons. The van der Waals surface area contributed by atoms with Crippen molar-refractivity contribution >= 4 is 22.0 Å². The maximum atomic E-state index is 12.5. The van der Waals surface area contributed by atoms with Crippen molar-refractivity contribution in [2.75, 3.05) is 26.3 Å². The fraction of sp³-hybridized carbons (Fsp3) is 0.312. The largest absolute Gasteiger partial charge is 0.508 e. The van der Waals surface area contributed by atoms with Crippen molar-refractivity contribution in [3.05, 3.63) is 95.2 Å². The quantitative estimate of drug-likeness (QED) is 0.290. The molecule has 1 saturated heterocycles. The Morgan fingerprint density at radius 1 is 0.973 bits per heavy atom. The molecule has 1 atom stereocenters. The Hall–Kier alpha value is -3.57. The molecule has 0 amide bonds. The highest BCUT2D eigenvalue weighted by atomic mass is 19.1. The van der Waals surface area contributed by atoms with E-state index in [0.29, 0.717) is 6.42 Å². The number of ether oxygens (including phenoxy) is 1. The molecule has 0 bridgehead atoms. The molecular weight excluding hydrogens is 463 g/mol. The molecule has 6 rings (SSSR count). The lowest BCUT2D eigenvalue weighted by Gasteiger charge is -2.19. The first-order valence-electron chi connectivity index (χ1n) is 13.4. The number of likely N-dealkylation sites (tertiary alicyclic amines) is 1. The molecule has 5 heteroatoms. The number of halogens is 1. The second kappa shape index (κ2) is 10.4. The van der Waals surface area contributed by atoms with Gasteiger partial charge in [0, 0.05) is 31.3 Å². The number of benzene rings is 3. The lowest BCUT2D eigenvalue weighted by molar-refractivity contribution is 0.198. The van der Waals surface area contributed by atoms with Crippen molar-refractivity contribution in [3.8, 4) is 11.5 Å². The zero-order valence-corrected chi connectivity index (χ0v) is 21.1. The van der Waals surface area contributed by atoms with E-state index in [1.54, 1.807) is 6.07 Å². The maximum absolute atomic E-state index is 12.5. The number of hydrogen-bond donors (Lipinski definition) is 2. The molecule has 2 N–H and O–H groups in total. The van der Waals surface area contributed by atoms with Crippen LogP contribution in [0, 0.1) is 0 Å². The molecule has 1 fully saturated rings. The Bertz CT molecular complexity index is 1420. The van der Waals surface area contributed by atoms with Crippen LogP contribution >= 0.6 is 0 Å². The van der Waals surface area contributed by atoms with Crippen molar-refractivity contribution in [1.82, 2.24) is 9.88 Å². The molecule has 0 saturated carbocycles. The molecular formula is C32H33FN2O2. The number of aromatic amines is 1. The Labute approximate surface area is 217 Å². The highest BCUT2D eigenvalue weighted by Crippen LogP contribution is 2.41. The number of hydrogen-bond acceptors (Lipinski definition) is 3. The second-order valence-corrected chi connectivity index (χ2v) is 10.2. The third-order valence-corrected chi connectivity index (χ3v) is 7.72. The Kier molecular flexibility index (Phi) is 6.71. The smallest absolute Gasteiger partial charge is 0.119 e. The standard InChI is InChI=1S/C32H33FN2O2/c33-15-2-17-35-18-14-28(21-35)37-27-10-6-23(7-11-27)32-29(24-8-12-31-25(19-24)13-16-34-31)4-1-3-22-5-9-26(36)20-30(22)32/h5-13,16,19-20,28,34,36H,1-4,14-15,17-18,21H2. The van der Waals surface area contributed by atoms with Gasteiger partial charge in [0.1, 0.15) is 17.6 Å². The lowest BCUT2D eigenvalue weighted by atomic mass is 9.87. The summed E-state index contributed by atoms with van der Waals surface area (Å²) in [5.74, 6) is 1.15. The van der Waals surface area contributed by atoms with Crippen LogP contribution in [0.15, 0.2) is 72.9 Å². The van der Waals surface area contributed by atoms with Gasteiger partial charge in [0.25, 0.3) is 0 Å². The van der Waals surface area contributed by atoms with Crippen LogP contribution in [-0.2, 0) is 6.42 Å². The Morgan fingerprint density at radius 2 is 1.84 bits per heavy atom. The van der Waals surface area contributed by atoms with Crippen LogP contribution in [0.25, 0.3) is 22.0 Å². The van der Waals surface area contributed by atoms with Crippen molar-refractivity contribution < 1.29 is 14.2 Å². The van der Waals surface area contributed by atoms with E-state index < -0.39 is 0 Å². The summed E-state index contributed by atoms with van der Waals surface area (Å²) in [5, 5.41) is 11.6. The van der Waals surface area contributed by atoms with Crippen molar-refractivity contribution in [2.24, 2.45) is 0 Å². The molecule has 1 aliphatic heterocycles. The van der Waals surface area contributed by atoms with E-state index in [4.69, 9.17) is 4.74 Å². The van der Waals surface area contributed by atoms with E-state index in [1.165, 1.54) is 27.7 Å². The van der Waals surface area contributed by atoms with E-state index >= 15 is 0 Å². The fourth-order valence-electron chi connectivity index (χ4n) is 5.89. The van der Waals surface area contributed by atoms with Crippen LogP contribution < -0.4 is 4.74 Å². The number of aryl methyl sites for hydroxylation is 1. The molecule has 1 unspecified atom stereocenters. The molecule has 4 aromatic rings. The first-order chi connectivity index (χ1) is 18.2. The van der Waals surface area contributed by atoms with Crippen LogP contribution in [-0.4, -0.2) is 47.4 Å². The van der Waals surface area contributed by atoms with Crippen LogP contribution in [0.5, 0.6) is 11.5 Å². The number of rotatable bonds is 7. The Morgan fingerprint density at radius 3 is 2.70 bits per heavy atom. The van der Waals surface area contributed by atoms with Gasteiger partial charge in [-0.15, -0.1) is 0 Å². The first-order valence-corrected chi connectivity index (χ1v) is 13.4. The average Bonchev–Trinajstić information content (AvgIpc) is 3.53. The van der Waals surface area contributed by atoms with Gasteiger partial charge < -0.3 is 14.8 Å². The minimum Gasteiger partial charge on any atom is -0.508 e. The van der Waals surface area contributed by atoms with Crippen LogP contribution in [0.1, 0.15) is 47.9 Å². The van der Waals surface area contributed by atoms with Gasteiger partial charge in [0.05, 0.1) is 6.67 Å². The van der Waals surface area contributed by atoms with E-state index in [-0.39, 0.29) is 18.5 Å². The van der Waals surface area contributed by atoms with Gasteiger partial charge in [0.2, 0.25) is 0 Å². The van der Waals surface area contributed by atoms with Crippen molar-refractivity contribution in [3.63, 3.8) is 0 Å². The molecule has 0 radical (unpaired) electrons. The van der Waals surface area contributed by atoms with E-state index in [2.05, 4.69) is 64.5 Å². The summed E-state index contributed by atoms with van der Waals surface area (Å²) in [7, 11) is 0. The van der Waals surface area contributed by atoms with Gasteiger partial charge >= 0.3 is 0 Å². The maximum Gasteiger partial charge on any atom is 0.119 e. The van der Waals surface area contributed by atoms with Crippen molar-refractivity contribution in [2.45, 2.75) is 38.2 Å². The topological polar surface area (TPSA) is 48.5 Å². The van der Waals surface area contributed by atoms with E-state index in [1.807, 2.05) is 12.3 Å². The van der Waals surface area contributed by atoms with Gasteiger partial charge in [0.15, 0.2) is 0 Å². The zero-order chi connectivity index (χ0) is 25.2. The van der Waals surface area contributed by atoms with Crippen LogP contribution in [0.4, 0.5) is 4.39 Å². The summed E-state index contributed by atoms with van der Waals surface area (Å²) in [6, 6.07) is 22.9. The molecule has 1 aromatic heterocycles. The number of aromatic nitrogens is 1. The predicted octanol–water partition coefficient (Wildman–Crippen LogP) is 6.98. The summed E-state index contributed by atoms with van der Waals surface area (Å²) in [4.78, 5) is 5.58. The van der Waals surface area contributed by atoms with Gasteiger partial charge in [-0.3, -0.25) is 9.29 Å². The fourth-order valence-corrected chi connectivity index (χ4v) is 5.89. The summed E-state index contributed by atoms with van der Waals surface area (Å²) in [5.41, 5.74) is 8.34. The first kappa shape index (κ1) is 23.8. The lowest BCUT2D eigenvalue weighted by Crippen LogP contribution is -2.26. The highest BCUT2D eigenvalue weighted by molar-refractivity contribution is 6.01. The molecule has 1 aliphatic carbocycles. The molecule has 0 spiro atoms. The third-order valence-electron chi connectivity index (χ3n) is 7.72. The number of allylic oxidation sites excluding steroid dienone is 1. The number of phenols is 1. The minimum atomic E-state index is -0.263. The van der Waals surface area contributed by atoms with Crippen LogP contribution in [0.2, 0.25) is 0 Å². The SMILES string of the molecule is Oc1ccc2c(c1)C(c1ccc(OC3CCN(CCCF)C3)cc1)=C(c1ccc3[nH]ccc3c1)CCC2. The van der Waals surface area contributed by atoms with Gasteiger partial charge in [-0.2, -0.15) is 0 Å². The molecule has 2 heterocycles. The van der Waals surface area contributed by atoms with Gasteiger partial charge in [-0.05, 0) is 113 Å². The third kappa shape index (κ3) is 5.01. The van der Waals surface area contributed by atoms with E-state index in [0.717, 1.165) is 67.7 Å². The Balaban J connectivity index is 1.35. The molecule has 2 aliphatic rings. The number of fused-ring (bicyclic) bond motifs is 2. The summed E-state index contributed by atoms with van der Waals surface area (Å²) < 4.78 is 18.8. The predicted molar refractivity (Wildman–Crippen MR) is 148 cm³/mol. The molecule has 4 nitrogen and oxygen atoms in total. The minimum absolute atomic E-state index is 0.142. The molecule has 37 heavy (non-hydrogen) atoms. The number of nitrogens with zero attached hydrogens (tertiary/aromatic N) is 1. The monoisotopic (exact) mass is 496 g/mol. The number of alkyl halides is 1. The normalized spacial score (nSPS) is 18.2. The number of H-pyrrole nitrogens is 1. The van der Waals surface area contributed by atoms with Crippen LogP contribution in [0.3, 0.4) is 0 Å².